The Balaban J connectivity index is 1.53. The first-order chi connectivity index (χ1) is 18.0. The molecule has 0 unspecified atom stereocenters. The number of rotatable bonds is 9. The monoisotopic (exact) mass is 542 g/mol. The Kier molecular flexibility index (Phi) is 8.32. The van der Waals surface area contributed by atoms with Gasteiger partial charge in [0.05, 0.1) is 22.9 Å². The number of carbonyl (C=O) groups is 2. The molecule has 1 aliphatic heterocycles. The van der Waals surface area contributed by atoms with Gasteiger partial charge in [0.25, 0.3) is 5.91 Å². The van der Waals surface area contributed by atoms with E-state index in [1.54, 1.807) is 41.4 Å². The summed E-state index contributed by atoms with van der Waals surface area (Å²) in [6.45, 7) is 8.16. The van der Waals surface area contributed by atoms with Crippen LogP contribution in [0.1, 0.15) is 56.8 Å². The lowest BCUT2D eigenvalue weighted by atomic mass is 9.93. The summed E-state index contributed by atoms with van der Waals surface area (Å²) in [5.41, 5.74) is 1.69. The third kappa shape index (κ3) is 5.96. The maximum atomic E-state index is 13.0. The van der Waals surface area contributed by atoms with E-state index in [9.17, 15) is 9.59 Å². The quantitative estimate of drug-likeness (QED) is 0.472. The van der Waals surface area contributed by atoms with E-state index in [4.69, 9.17) is 16.6 Å². The van der Waals surface area contributed by atoms with Crippen LogP contribution in [-0.4, -0.2) is 78.6 Å². The summed E-state index contributed by atoms with van der Waals surface area (Å²) in [5, 5.41) is 10.4. The first kappa shape index (κ1) is 27.9. The highest BCUT2D eigenvalue weighted by atomic mass is 35.5. The lowest BCUT2D eigenvalue weighted by Gasteiger charge is -2.45. The Morgan fingerprint density at radius 2 is 1.95 bits per heavy atom. The van der Waals surface area contributed by atoms with E-state index in [1.807, 2.05) is 26.0 Å². The summed E-state index contributed by atoms with van der Waals surface area (Å²) in [6, 6.07) is 5.27. The van der Waals surface area contributed by atoms with Crippen molar-refractivity contribution < 1.29 is 9.59 Å². The molecule has 2 aliphatic rings. The lowest BCUT2D eigenvalue weighted by Crippen LogP contribution is -2.59. The van der Waals surface area contributed by atoms with Gasteiger partial charge in [0.15, 0.2) is 5.82 Å². The van der Waals surface area contributed by atoms with E-state index in [1.165, 1.54) is 0 Å². The zero-order valence-electron chi connectivity index (χ0n) is 23.2. The summed E-state index contributed by atoms with van der Waals surface area (Å²) in [6.07, 6.45) is 5.97. The average molecular weight is 543 g/mol. The molecule has 0 bridgehead atoms. The number of hydrogen-bond donors (Lipinski definition) is 2. The number of benzene rings is 1. The van der Waals surface area contributed by atoms with Crippen LogP contribution >= 0.6 is 11.6 Å². The molecule has 2 heterocycles. The molecule has 0 radical (unpaired) electrons. The van der Waals surface area contributed by atoms with Gasteiger partial charge < -0.3 is 15.5 Å². The molecule has 0 spiro atoms. The molecule has 10 nitrogen and oxygen atoms in total. The molecule has 4 rings (SSSR count). The fourth-order valence-electron chi connectivity index (χ4n) is 5.33. The Labute approximate surface area is 230 Å². The van der Waals surface area contributed by atoms with Crippen LogP contribution in [0.3, 0.4) is 0 Å². The summed E-state index contributed by atoms with van der Waals surface area (Å²) in [4.78, 5) is 38.8. The zero-order valence-corrected chi connectivity index (χ0v) is 24.0. The van der Waals surface area contributed by atoms with Crippen molar-refractivity contribution >= 4 is 46.7 Å². The van der Waals surface area contributed by atoms with Gasteiger partial charge >= 0.3 is 6.03 Å². The largest absolute Gasteiger partial charge is 0.351 e. The number of aromatic nitrogens is 2. The molecule has 0 atom stereocenters. The Bertz CT molecular complexity index is 1180. The molecule has 1 aromatic heterocycles. The standard InChI is InChI=1S/C27H39ClN8O2/c1-7-35-26(38)34(6)22-15-29-25(32-23(22)36(35)19-10-8-9-11-19)31-21-13-12-18(14-20(21)28)24(37)30-16-27(2,3)17-33(4)5/h12-15,19H,7-11,16-17H2,1-6H3,(H,30,37)(H,29,31,32). The van der Waals surface area contributed by atoms with Crippen LogP contribution in [0.5, 0.6) is 0 Å². The van der Waals surface area contributed by atoms with Crippen LogP contribution in [0.25, 0.3) is 0 Å². The molecule has 0 saturated heterocycles. The van der Waals surface area contributed by atoms with Crippen molar-refractivity contribution in [3.8, 4) is 0 Å². The summed E-state index contributed by atoms with van der Waals surface area (Å²) >= 11 is 6.57. The van der Waals surface area contributed by atoms with Crippen LogP contribution in [-0.2, 0) is 0 Å². The molecule has 1 aromatic carbocycles. The van der Waals surface area contributed by atoms with Gasteiger partial charge in [-0.1, -0.05) is 38.3 Å². The minimum absolute atomic E-state index is 0.0628. The molecule has 2 aromatic rings. The smallest absolute Gasteiger partial charge is 0.343 e. The van der Waals surface area contributed by atoms with E-state index < -0.39 is 0 Å². The predicted octanol–water partition coefficient (Wildman–Crippen LogP) is 4.75. The van der Waals surface area contributed by atoms with Gasteiger partial charge in [0.1, 0.15) is 5.69 Å². The van der Waals surface area contributed by atoms with Crippen molar-refractivity contribution in [3.63, 3.8) is 0 Å². The van der Waals surface area contributed by atoms with E-state index in [0.29, 0.717) is 46.8 Å². The van der Waals surface area contributed by atoms with E-state index in [0.717, 1.165) is 32.2 Å². The predicted molar refractivity (Wildman–Crippen MR) is 152 cm³/mol. The highest BCUT2D eigenvalue weighted by Gasteiger charge is 2.39. The number of urea groups is 1. The number of hydrogen-bond acceptors (Lipinski definition) is 7. The van der Waals surface area contributed by atoms with Crippen molar-refractivity contribution in [1.29, 1.82) is 0 Å². The minimum atomic E-state index is -0.171. The number of fused-ring (bicyclic) bond motifs is 1. The van der Waals surface area contributed by atoms with Crippen molar-refractivity contribution in [2.45, 2.75) is 52.5 Å². The van der Waals surface area contributed by atoms with Gasteiger partial charge in [-0.15, -0.1) is 0 Å². The fraction of sp³-hybridized carbons (Fsp3) is 0.556. The van der Waals surface area contributed by atoms with Gasteiger partial charge in [0, 0.05) is 32.2 Å². The van der Waals surface area contributed by atoms with Crippen LogP contribution in [0, 0.1) is 5.41 Å². The third-order valence-electron chi connectivity index (χ3n) is 7.02. The first-order valence-corrected chi connectivity index (χ1v) is 13.6. The first-order valence-electron chi connectivity index (χ1n) is 13.2. The topological polar surface area (TPSA) is 96.9 Å². The highest BCUT2D eigenvalue weighted by molar-refractivity contribution is 6.33. The Morgan fingerprint density at radius 3 is 2.58 bits per heavy atom. The van der Waals surface area contributed by atoms with Crippen molar-refractivity contribution in [2.75, 3.05) is 56.0 Å². The van der Waals surface area contributed by atoms with Crippen LogP contribution in [0.2, 0.25) is 5.02 Å². The third-order valence-corrected chi connectivity index (χ3v) is 7.33. The fourth-order valence-corrected chi connectivity index (χ4v) is 5.56. The van der Waals surface area contributed by atoms with Crippen molar-refractivity contribution in [1.82, 2.24) is 25.2 Å². The van der Waals surface area contributed by atoms with Gasteiger partial charge in [0.2, 0.25) is 5.95 Å². The maximum Gasteiger partial charge on any atom is 0.343 e. The molecular formula is C27H39ClN8O2. The maximum absolute atomic E-state index is 13.0. The van der Waals surface area contributed by atoms with Gasteiger partial charge in [-0.2, -0.15) is 4.98 Å². The summed E-state index contributed by atoms with van der Waals surface area (Å²) < 4.78 is 0. The number of carbonyl (C=O) groups excluding carboxylic acids is 2. The number of anilines is 4. The van der Waals surface area contributed by atoms with E-state index in [2.05, 4.69) is 34.4 Å². The number of nitrogens with one attached hydrogen (secondary N) is 2. The number of nitrogens with zero attached hydrogens (tertiary/aromatic N) is 6. The number of amides is 3. The van der Waals surface area contributed by atoms with Gasteiger partial charge in [-0.25, -0.2) is 14.8 Å². The SMILES string of the molecule is CCN1C(=O)N(C)c2cnc(Nc3ccc(C(=O)NCC(C)(C)CN(C)C)cc3Cl)nc2N1C1CCCC1. The highest BCUT2D eigenvalue weighted by Crippen LogP contribution is 2.39. The second-order valence-corrected chi connectivity index (χ2v) is 11.6. The molecule has 11 heteroatoms. The Hall–Kier alpha value is -3.11. The average Bonchev–Trinajstić information content (AvgIpc) is 3.39. The number of halogens is 1. The molecule has 38 heavy (non-hydrogen) atoms. The zero-order chi connectivity index (χ0) is 27.6. The molecular weight excluding hydrogens is 504 g/mol. The number of hydrazine groups is 1. The van der Waals surface area contributed by atoms with Gasteiger partial charge in [-0.3, -0.25) is 14.7 Å². The van der Waals surface area contributed by atoms with Crippen molar-refractivity contribution in [3.05, 3.63) is 35.0 Å². The van der Waals surface area contributed by atoms with Crippen LogP contribution < -0.4 is 20.5 Å². The molecule has 3 amide bonds. The molecule has 1 aliphatic carbocycles. The van der Waals surface area contributed by atoms with Gasteiger partial charge in [-0.05, 0) is 57.5 Å². The van der Waals surface area contributed by atoms with Crippen LogP contribution in [0.4, 0.5) is 27.9 Å². The van der Waals surface area contributed by atoms with E-state index >= 15 is 0 Å². The normalized spacial score (nSPS) is 16.3. The lowest BCUT2D eigenvalue weighted by molar-refractivity contribution is 0.0929. The van der Waals surface area contributed by atoms with E-state index in [-0.39, 0.29) is 23.4 Å². The second-order valence-electron chi connectivity index (χ2n) is 11.1. The van der Waals surface area contributed by atoms with Crippen LogP contribution in [0.15, 0.2) is 24.4 Å². The van der Waals surface area contributed by atoms with Crippen molar-refractivity contribution in [2.24, 2.45) is 5.41 Å². The Morgan fingerprint density at radius 1 is 1.24 bits per heavy atom. The summed E-state index contributed by atoms with van der Waals surface area (Å²) in [5.74, 6) is 0.899. The molecule has 1 fully saturated rings. The molecule has 1 saturated carbocycles. The second kappa shape index (κ2) is 11.3. The summed E-state index contributed by atoms with van der Waals surface area (Å²) in [7, 11) is 5.78. The minimum Gasteiger partial charge on any atom is -0.351 e. The molecule has 206 valence electrons. The molecule has 2 N–H and O–H groups in total.